The van der Waals surface area contributed by atoms with Crippen LogP contribution in [0.1, 0.15) is 24.6 Å². The van der Waals surface area contributed by atoms with Crippen LogP contribution in [-0.4, -0.2) is 21.7 Å². The summed E-state index contributed by atoms with van der Waals surface area (Å²) in [5.41, 5.74) is 1.44. The van der Waals surface area contributed by atoms with Crippen LogP contribution in [0.3, 0.4) is 0 Å². The minimum absolute atomic E-state index is 0.121. The van der Waals surface area contributed by atoms with E-state index in [-0.39, 0.29) is 24.8 Å². The zero-order valence-electron chi connectivity index (χ0n) is 14.4. The highest BCUT2D eigenvalue weighted by Crippen LogP contribution is 2.36. The predicted molar refractivity (Wildman–Crippen MR) is 95.9 cm³/mol. The molecule has 4 rings (SSSR count). The second-order valence-corrected chi connectivity index (χ2v) is 6.67. The molecule has 1 fully saturated rings. The highest BCUT2D eigenvalue weighted by molar-refractivity contribution is 6.08. The summed E-state index contributed by atoms with van der Waals surface area (Å²) >= 11 is 0. The van der Waals surface area contributed by atoms with E-state index in [1.165, 1.54) is 11.2 Å². The number of carbonyl (C=O) groups excluding carboxylic acids is 2. The third-order valence-corrected chi connectivity index (χ3v) is 4.83. The highest BCUT2D eigenvalue weighted by atomic mass is 16.3. The molecule has 2 heterocycles. The Hall–Kier alpha value is -3.21. The van der Waals surface area contributed by atoms with Crippen molar-refractivity contribution in [1.29, 1.82) is 0 Å². The fourth-order valence-electron chi connectivity index (χ4n) is 3.33. The molecule has 130 valence electrons. The third kappa shape index (κ3) is 2.71. The van der Waals surface area contributed by atoms with E-state index in [0.717, 1.165) is 11.1 Å². The number of aromatic nitrogens is 1. The molecule has 1 aliphatic rings. The van der Waals surface area contributed by atoms with Crippen molar-refractivity contribution in [1.82, 2.24) is 9.88 Å². The SMILES string of the molecule is C[C@]1(c2ccccc2)CC(=O)N(Cc2coc(-c3ccccc3)n2)C1=O. The van der Waals surface area contributed by atoms with Crippen molar-refractivity contribution in [2.45, 2.75) is 25.3 Å². The first-order chi connectivity index (χ1) is 12.6. The molecular formula is C21H18N2O3. The molecule has 0 unspecified atom stereocenters. The van der Waals surface area contributed by atoms with Crippen molar-refractivity contribution in [3.8, 4) is 11.5 Å². The summed E-state index contributed by atoms with van der Waals surface area (Å²) in [6, 6.07) is 18.9. The van der Waals surface area contributed by atoms with Crippen molar-refractivity contribution in [3.63, 3.8) is 0 Å². The molecule has 0 spiro atoms. The lowest BCUT2D eigenvalue weighted by Crippen LogP contribution is -2.36. The van der Waals surface area contributed by atoms with Gasteiger partial charge in [-0.3, -0.25) is 14.5 Å². The Balaban J connectivity index is 1.57. The molecule has 0 bridgehead atoms. The smallest absolute Gasteiger partial charge is 0.240 e. The zero-order valence-corrected chi connectivity index (χ0v) is 14.4. The molecule has 5 nitrogen and oxygen atoms in total. The monoisotopic (exact) mass is 346 g/mol. The topological polar surface area (TPSA) is 63.4 Å². The average Bonchev–Trinajstić information content (AvgIpc) is 3.23. The summed E-state index contributed by atoms with van der Waals surface area (Å²) in [7, 11) is 0. The summed E-state index contributed by atoms with van der Waals surface area (Å²) in [6.45, 7) is 1.94. The van der Waals surface area contributed by atoms with Crippen LogP contribution in [0.5, 0.6) is 0 Å². The average molecular weight is 346 g/mol. The molecule has 3 aromatic rings. The van der Waals surface area contributed by atoms with Crippen LogP contribution in [0.25, 0.3) is 11.5 Å². The molecule has 1 aromatic heterocycles. The number of hydrogen-bond donors (Lipinski definition) is 0. The molecule has 0 radical (unpaired) electrons. The van der Waals surface area contributed by atoms with E-state index in [9.17, 15) is 9.59 Å². The maximum atomic E-state index is 13.0. The van der Waals surface area contributed by atoms with Crippen LogP contribution < -0.4 is 0 Å². The van der Waals surface area contributed by atoms with Gasteiger partial charge in [-0.25, -0.2) is 4.98 Å². The Labute approximate surface area is 151 Å². The number of nitrogens with zero attached hydrogens (tertiary/aromatic N) is 2. The van der Waals surface area contributed by atoms with Gasteiger partial charge in [0.25, 0.3) is 0 Å². The molecular weight excluding hydrogens is 328 g/mol. The number of benzene rings is 2. The summed E-state index contributed by atoms with van der Waals surface area (Å²) in [5, 5.41) is 0. The Bertz CT molecular complexity index is 950. The van der Waals surface area contributed by atoms with Gasteiger partial charge in [0.05, 0.1) is 17.7 Å². The van der Waals surface area contributed by atoms with Crippen LogP contribution >= 0.6 is 0 Å². The number of carbonyl (C=O) groups is 2. The normalized spacial score (nSPS) is 20.0. The second kappa shape index (κ2) is 6.26. The lowest BCUT2D eigenvalue weighted by Gasteiger charge is -2.22. The summed E-state index contributed by atoms with van der Waals surface area (Å²) in [4.78, 5) is 31.2. The first-order valence-corrected chi connectivity index (χ1v) is 8.48. The van der Waals surface area contributed by atoms with Gasteiger partial charge in [-0.05, 0) is 24.6 Å². The fraction of sp³-hybridized carbons (Fsp3) is 0.190. The van der Waals surface area contributed by atoms with Gasteiger partial charge in [0.1, 0.15) is 6.26 Å². The van der Waals surface area contributed by atoms with Crippen LogP contribution in [0, 0.1) is 0 Å². The molecule has 2 amide bonds. The Morgan fingerprint density at radius 1 is 1.04 bits per heavy atom. The second-order valence-electron chi connectivity index (χ2n) is 6.67. The molecule has 0 N–H and O–H groups in total. The Kier molecular flexibility index (Phi) is 3.92. The van der Waals surface area contributed by atoms with Crippen molar-refractivity contribution in [2.75, 3.05) is 0 Å². The number of oxazole rings is 1. The zero-order chi connectivity index (χ0) is 18.1. The molecule has 26 heavy (non-hydrogen) atoms. The number of rotatable bonds is 4. The summed E-state index contributed by atoms with van der Waals surface area (Å²) in [6.07, 6.45) is 1.67. The maximum absolute atomic E-state index is 13.0. The van der Waals surface area contributed by atoms with Crippen LogP contribution in [0.15, 0.2) is 71.3 Å². The van der Waals surface area contributed by atoms with Crippen molar-refractivity contribution in [3.05, 3.63) is 78.2 Å². The van der Waals surface area contributed by atoms with Crippen molar-refractivity contribution >= 4 is 11.8 Å². The van der Waals surface area contributed by atoms with Gasteiger partial charge in [-0.1, -0.05) is 48.5 Å². The van der Waals surface area contributed by atoms with E-state index in [0.29, 0.717) is 11.6 Å². The van der Waals surface area contributed by atoms with Crippen LogP contribution in [-0.2, 0) is 21.5 Å². The lowest BCUT2D eigenvalue weighted by molar-refractivity contribution is -0.140. The largest absolute Gasteiger partial charge is 0.444 e. The molecule has 5 heteroatoms. The van der Waals surface area contributed by atoms with Gasteiger partial charge in [0, 0.05) is 12.0 Å². The Morgan fingerprint density at radius 3 is 2.38 bits per heavy atom. The molecule has 1 aliphatic heterocycles. The lowest BCUT2D eigenvalue weighted by atomic mass is 9.81. The van der Waals surface area contributed by atoms with Crippen molar-refractivity contribution < 1.29 is 14.0 Å². The first kappa shape index (κ1) is 16.3. The van der Waals surface area contributed by atoms with E-state index >= 15 is 0 Å². The minimum Gasteiger partial charge on any atom is -0.444 e. The van der Waals surface area contributed by atoms with E-state index in [1.54, 1.807) is 0 Å². The van der Waals surface area contributed by atoms with Crippen LogP contribution in [0.2, 0.25) is 0 Å². The van der Waals surface area contributed by atoms with E-state index in [2.05, 4.69) is 4.98 Å². The van der Waals surface area contributed by atoms with Gasteiger partial charge in [-0.15, -0.1) is 0 Å². The van der Waals surface area contributed by atoms with Gasteiger partial charge in [-0.2, -0.15) is 0 Å². The molecule has 2 aromatic carbocycles. The highest BCUT2D eigenvalue weighted by Gasteiger charge is 2.49. The van der Waals surface area contributed by atoms with Crippen LogP contribution in [0.4, 0.5) is 0 Å². The maximum Gasteiger partial charge on any atom is 0.240 e. The fourth-order valence-corrected chi connectivity index (χ4v) is 3.33. The summed E-state index contributed by atoms with van der Waals surface area (Å²) < 4.78 is 5.51. The minimum atomic E-state index is -0.829. The van der Waals surface area contributed by atoms with E-state index in [4.69, 9.17) is 4.42 Å². The number of likely N-dealkylation sites (tertiary alicyclic amines) is 1. The van der Waals surface area contributed by atoms with Gasteiger partial charge >= 0.3 is 0 Å². The predicted octanol–water partition coefficient (Wildman–Crippen LogP) is 3.56. The van der Waals surface area contributed by atoms with Gasteiger partial charge < -0.3 is 4.42 Å². The quantitative estimate of drug-likeness (QED) is 0.678. The third-order valence-electron chi connectivity index (χ3n) is 4.83. The molecule has 1 atom stereocenters. The molecule has 0 aliphatic carbocycles. The molecule has 0 saturated carbocycles. The van der Waals surface area contributed by atoms with Gasteiger partial charge in [0.2, 0.25) is 17.7 Å². The standard InChI is InChI=1S/C21H18N2O3/c1-21(16-10-6-3-7-11-16)12-18(24)23(20(21)25)13-17-14-26-19(22-17)15-8-4-2-5-9-15/h2-11,14H,12-13H2,1H3/t21-/m1/s1. The van der Waals surface area contributed by atoms with E-state index < -0.39 is 5.41 Å². The van der Waals surface area contributed by atoms with E-state index in [1.807, 2.05) is 67.6 Å². The Morgan fingerprint density at radius 2 is 1.69 bits per heavy atom. The number of hydrogen-bond acceptors (Lipinski definition) is 4. The first-order valence-electron chi connectivity index (χ1n) is 8.48. The summed E-state index contributed by atoms with van der Waals surface area (Å²) in [5.74, 6) is 0.0918. The van der Waals surface area contributed by atoms with Gasteiger partial charge in [0.15, 0.2) is 0 Å². The molecule has 1 saturated heterocycles. The number of imide groups is 1. The van der Waals surface area contributed by atoms with Crippen molar-refractivity contribution in [2.24, 2.45) is 0 Å². The number of amides is 2.